The molecule has 2 saturated heterocycles. The van der Waals surface area contributed by atoms with Crippen LogP contribution in [0.15, 0.2) is 60.8 Å². The third-order valence-corrected chi connectivity index (χ3v) is 7.19. The number of hydrogen-bond donors (Lipinski definition) is 6. The van der Waals surface area contributed by atoms with E-state index < -0.39 is 67.7 Å². The highest BCUT2D eigenvalue weighted by molar-refractivity contribution is 5.82. The molecule has 2 bridgehead atoms. The molecule has 41 heavy (non-hydrogen) atoms. The summed E-state index contributed by atoms with van der Waals surface area (Å²) in [5.41, 5.74) is 0. The summed E-state index contributed by atoms with van der Waals surface area (Å²) in [6.45, 7) is 1.25. The fourth-order valence-corrected chi connectivity index (χ4v) is 4.80. The second-order valence-corrected chi connectivity index (χ2v) is 10.6. The van der Waals surface area contributed by atoms with E-state index in [0.717, 1.165) is 6.42 Å². The summed E-state index contributed by atoms with van der Waals surface area (Å²) in [5.74, 6) is -0.474. The summed E-state index contributed by atoms with van der Waals surface area (Å²) >= 11 is 0. The minimum absolute atomic E-state index is 0.279. The van der Waals surface area contributed by atoms with Gasteiger partial charge in [0, 0.05) is 12.5 Å². The lowest BCUT2D eigenvalue weighted by Crippen LogP contribution is -2.59. The Balaban J connectivity index is 1.73. The summed E-state index contributed by atoms with van der Waals surface area (Å²) in [6, 6.07) is 0. The van der Waals surface area contributed by atoms with Gasteiger partial charge in [-0.05, 0) is 39.0 Å². The van der Waals surface area contributed by atoms with Crippen LogP contribution in [-0.2, 0) is 23.7 Å². The first kappa shape index (κ1) is 33.3. The van der Waals surface area contributed by atoms with Gasteiger partial charge in [0.25, 0.3) is 0 Å². The number of ether oxygens (including phenoxy) is 4. The van der Waals surface area contributed by atoms with Crippen LogP contribution in [0.4, 0.5) is 0 Å². The molecule has 230 valence electrons. The third-order valence-electron chi connectivity index (χ3n) is 7.19. The Bertz CT molecular complexity index is 943. The van der Waals surface area contributed by atoms with Crippen LogP contribution in [0.25, 0.3) is 0 Å². The SMILES string of the molecule is C[C@@H]1CCCC=C[C@@H]2O[C@@H](CC=CC=C[C@H](O[C@@H]3O[C@H](CO)[C@@H](O)[C@H](O)[C@H]3O)CC=CC=CC(=O)O1)C[C@@H](O)[C@H]2O. The van der Waals surface area contributed by atoms with Crippen molar-refractivity contribution in [2.24, 2.45) is 0 Å². The fraction of sp³-hybridized carbons (Fsp3) is 0.633. The van der Waals surface area contributed by atoms with E-state index in [1.54, 1.807) is 42.5 Å². The number of hydrogen-bond acceptors (Lipinski definition) is 11. The lowest BCUT2D eigenvalue weighted by atomic mass is 9.95. The van der Waals surface area contributed by atoms with Gasteiger partial charge in [0.05, 0.1) is 31.0 Å². The molecule has 0 saturated carbocycles. The number of fused-ring (bicyclic) bond motifs is 2. The first-order valence-corrected chi connectivity index (χ1v) is 14.2. The number of rotatable bonds is 3. The van der Waals surface area contributed by atoms with Crippen molar-refractivity contribution in [3.63, 3.8) is 0 Å². The average Bonchev–Trinajstić information content (AvgIpc) is 2.94. The lowest BCUT2D eigenvalue weighted by molar-refractivity contribution is -0.307. The molecule has 0 aromatic rings. The van der Waals surface area contributed by atoms with Crippen LogP contribution in [0.5, 0.6) is 0 Å². The largest absolute Gasteiger partial charge is 0.460 e. The van der Waals surface area contributed by atoms with Gasteiger partial charge in [0.1, 0.15) is 36.6 Å². The summed E-state index contributed by atoms with van der Waals surface area (Å²) in [7, 11) is 0. The fourth-order valence-electron chi connectivity index (χ4n) is 4.80. The monoisotopic (exact) mass is 580 g/mol. The zero-order valence-corrected chi connectivity index (χ0v) is 23.3. The summed E-state index contributed by atoms with van der Waals surface area (Å²) < 4.78 is 22.8. The van der Waals surface area contributed by atoms with Gasteiger partial charge in [0.15, 0.2) is 6.29 Å². The summed E-state index contributed by atoms with van der Waals surface area (Å²) in [5, 5.41) is 60.7. The molecule has 0 unspecified atom stereocenters. The van der Waals surface area contributed by atoms with Crippen molar-refractivity contribution in [1.29, 1.82) is 0 Å². The Labute approximate surface area is 240 Å². The maximum absolute atomic E-state index is 12.1. The van der Waals surface area contributed by atoms with Gasteiger partial charge in [-0.1, -0.05) is 54.7 Å². The van der Waals surface area contributed by atoms with Crippen LogP contribution < -0.4 is 0 Å². The smallest absolute Gasteiger partial charge is 0.331 e. The van der Waals surface area contributed by atoms with E-state index in [0.29, 0.717) is 32.1 Å². The number of allylic oxidation sites excluding steroid dienone is 5. The van der Waals surface area contributed by atoms with Crippen LogP contribution >= 0.6 is 0 Å². The molecule has 6 N–H and O–H groups in total. The van der Waals surface area contributed by atoms with E-state index in [-0.39, 0.29) is 12.2 Å². The Morgan fingerprint density at radius 3 is 2.41 bits per heavy atom. The minimum Gasteiger partial charge on any atom is -0.460 e. The number of aliphatic hydroxyl groups is 6. The highest BCUT2D eigenvalue weighted by Gasteiger charge is 2.44. The Kier molecular flexibility index (Phi) is 13.9. The molecule has 0 spiro atoms. The van der Waals surface area contributed by atoms with Gasteiger partial charge < -0.3 is 49.6 Å². The van der Waals surface area contributed by atoms with E-state index >= 15 is 0 Å². The van der Waals surface area contributed by atoms with E-state index in [2.05, 4.69) is 0 Å². The zero-order chi connectivity index (χ0) is 29.8. The van der Waals surface area contributed by atoms with Crippen molar-refractivity contribution < 1.29 is 54.4 Å². The molecule has 3 rings (SSSR count). The molecule has 0 aromatic heterocycles. The second-order valence-electron chi connectivity index (χ2n) is 10.6. The molecule has 3 heterocycles. The highest BCUT2D eigenvalue weighted by atomic mass is 16.7. The Morgan fingerprint density at radius 2 is 1.63 bits per heavy atom. The van der Waals surface area contributed by atoms with Crippen molar-refractivity contribution in [3.8, 4) is 0 Å². The van der Waals surface area contributed by atoms with Crippen molar-refractivity contribution in [1.82, 2.24) is 0 Å². The normalized spacial score (nSPS) is 40.0. The number of carbonyl (C=O) groups is 1. The first-order valence-electron chi connectivity index (χ1n) is 14.2. The lowest BCUT2D eigenvalue weighted by Gasteiger charge is -2.40. The first-order chi connectivity index (χ1) is 19.7. The van der Waals surface area contributed by atoms with Crippen molar-refractivity contribution in [2.45, 2.75) is 113 Å². The van der Waals surface area contributed by atoms with Gasteiger partial charge >= 0.3 is 5.97 Å². The van der Waals surface area contributed by atoms with Crippen LogP contribution in [0, 0.1) is 0 Å². The van der Waals surface area contributed by atoms with E-state index in [1.807, 2.05) is 19.1 Å². The number of cyclic esters (lactones) is 1. The third kappa shape index (κ3) is 10.5. The molecule has 0 aliphatic carbocycles. The van der Waals surface area contributed by atoms with Crippen LogP contribution in [0.2, 0.25) is 0 Å². The number of aliphatic hydroxyl groups excluding tert-OH is 6. The standard InChI is InChI=1S/C30H44O11/c1-19-11-5-2-9-15-23-26(34)22(32)17-21(39-23)14-8-3-6-12-20(13-7-4-10-16-25(33)38-19)40-30-29(37)28(36)27(35)24(18-31)41-30/h3-4,6-10,12,15-16,19-24,26-32,34-37H,2,5,11,13-14,17-18H2,1H3/t19-,20+,21+,22-,23+,24-,26-,27-,28+,29-,30-/m1/s1. The molecule has 3 aliphatic heterocycles. The summed E-state index contributed by atoms with van der Waals surface area (Å²) in [6.07, 6.45) is 9.50. The van der Waals surface area contributed by atoms with Gasteiger partial charge in [-0.25, -0.2) is 4.79 Å². The van der Waals surface area contributed by atoms with E-state index in [1.165, 1.54) is 6.08 Å². The molecular formula is C30H44O11. The number of carbonyl (C=O) groups excluding carboxylic acids is 1. The molecular weight excluding hydrogens is 536 g/mol. The Morgan fingerprint density at radius 1 is 0.878 bits per heavy atom. The average molecular weight is 581 g/mol. The van der Waals surface area contributed by atoms with E-state index in [9.17, 15) is 35.4 Å². The van der Waals surface area contributed by atoms with Crippen molar-refractivity contribution >= 4 is 5.97 Å². The summed E-state index contributed by atoms with van der Waals surface area (Å²) in [4.78, 5) is 12.1. The van der Waals surface area contributed by atoms with Crippen molar-refractivity contribution in [3.05, 3.63) is 60.8 Å². The highest BCUT2D eigenvalue weighted by Crippen LogP contribution is 2.25. The maximum atomic E-state index is 12.1. The van der Waals surface area contributed by atoms with Gasteiger partial charge in [-0.3, -0.25) is 0 Å². The molecule has 0 radical (unpaired) electrons. The topological polar surface area (TPSA) is 175 Å². The van der Waals surface area contributed by atoms with Gasteiger partial charge in [-0.2, -0.15) is 0 Å². The molecule has 11 nitrogen and oxygen atoms in total. The molecule has 11 atom stereocenters. The van der Waals surface area contributed by atoms with Crippen molar-refractivity contribution in [2.75, 3.05) is 6.61 Å². The second kappa shape index (κ2) is 17.1. The quantitative estimate of drug-likeness (QED) is 0.205. The zero-order valence-electron chi connectivity index (χ0n) is 23.3. The predicted octanol–water partition coefficient (Wildman–Crippen LogP) is 0.728. The molecule has 3 aliphatic rings. The Hall–Kier alpha value is -2.19. The van der Waals surface area contributed by atoms with Crippen LogP contribution in [-0.4, -0.2) is 111 Å². The van der Waals surface area contributed by atoms with Crippen LogP contribution in [0.3, 0.4) is 0 Å². The van der Waals surface area contributed by atoms with Crippen LogP contribution in [0.1, 0.15) is 45.4 Å². The maximum Gasteiger partial charge on any atom is 0.331 e. The molecule has 0 aromatic carbocycles. The molecule has 2 fully saturated rings. The molecule has 0 amide bonds. The van der Waals surface area contributed by atoms with Gasteiger partial charge in [0.2, 0.25) is 0 Å². The number of esters is 1. The van der Waals surface area contributed by atoms with Gasteiger partial charge in [-0.15, -0.1) is 0 Å². The predicted molar refractivity (Wildman–Crippen MR) is 148 cm³/mol. The minimum atomic E-state index is -1.56. The van der Waals surface area contributed by atoms with E-state index in [4.69, 9.17) is 18.9 Å². The molecule has 11 heteroatoms.